The maximum Gasteiger partial charge on any atom is 0.135 e. The second-order valence-corrected chi connectivity index (χ2v) is 16.6. The molecule has 0 amide bonds. The lowest BCUT2D eigenvalue weighted by atomic mass is 10.0. The van der Waals surface area contributed by atoms with Gasteiger partial charge in [0.15, 0.2) is 0 Å². The van der Waals surface area contributed by atoms with Crippen LogP contribution in [-0.4, -0.2) is 0 Å². The van der Waals surface area contributed by atoms with Crippen molar-refractivity contribution in [2.45, 2.75) is 0 Å². The Bertz CT molecular complexity index is 3450. The van der Waals surface area contributed by atoms with E-state index in [1.54, 1.807) is 0 Å². The SMILES string of the molecule is C(=C\c1ccc(N(c2cccc(-c3ccccc3)c2)c2ccc3oc4ccccc4c3c2)cc1)/c1ccc(N(c2cccc(-c3ccccc3)c2)c2ccc3oc4ccccc4c3c2)cc1. The third-order valence-corrected chi connectivity index (χ3v) is 12.4. The molecule has 2 aromatic heterocycles. The van der Waals surface area contributed by atoms with E-state index in [-0.39, 0.29) is 0 Å². The lowest BCUT2D eigenvalue weighted by Gasteiger charge is -2.26. The van der Waals surface area contributed by atoms with Gasteiger partial charge in [-0.05, 0) is 130 Å². The summed E-state index contributed by atoms with van der Waals surface area (Å²) in [7, 11) is 0. The average Bonchev–Trinajstić information content (AvgIpc) is 3.95. The largest absolute Gasteiger partial charge is 0.456 e. The van der Waals surface area contributed by atoms with Gasteiger partial charge in [-0.3, -0.25) is 0 Å². The van der Waals surface area contributed by atoms with Crippen LogP contribution < -0.4 is 9.80 Å². The van der Waals surface area contributed by atoms with Crippen LogP contribution in [0.5, 0.6) is 0 Å². The fraction of sp³-hybridized carbons (Fsp3) is 0. The number of hydrogen-bond donors (Lipinski definition) is 0. The molecule has 0 bridgehead atoms. The first-order chi connectivity index (χ1) is 32.7. The molecule has 0 fully saturated rings. The number of nitrogens with zero attached hydrogens (tertiary/aromatic N) is 2. The zero-order valence-electron chi connectivity index (χ0n) is 36.0. The Balaban J connectivity index is 0.869. The predicted molar refractivity (Wildman–Crippen MR) is 277 cm³/mol. The first-order valence-corrected chi connectivity index (χ1v) is 22.3. The summed E-state index contributed by atoms with van der Waals surface area (Å²) in [5, 5.41) is 4.40. The van der Waals surface area contributed by atoms with Gasteiger partial charge in [0.2, 0.25) is 0 Å². The molecule has 12 rings (SSSR count). The minimum Gasteiger partial charge on any atom is -0.456 e. The number of furan rings is 2. The van der Waals surface area contributed by atoms with Crippen LogP contribution in [0.15, 0.2) is 251 Å². The summed E-state index contributed by atoms with van der Waals surface area (Å²) >= 11 is 0. The Labute approximate surface area is 383 Å². The number of para-hydroxylation sites is 2. The number of fused-ring (bicyclic) bond motifs is 6. The van der Waals surface area contributed by atoms with E-state index in [4.69, 9.17) is 8.83 Å². The zero-order valence-corrected chi connectivity index (χ0v) is 36.0. The molecule has 0 N–H and O–H groups in total. The summed E-state index contributed by atoms with van der Waals surface area (Å²) in [6.07, 6.45) is 4.36. The molecule has 4 heteroatoms. The Hall–Kier alpha value is -8.86. The van der Waals surface area contributed by atoms with Crippen LogP contribution in [0.4, 0.5) is 34.1 Å². The number of benzene rings is 10. The third kappa shape index (κ3) is 7.36. The minimum atomic E-state index is 0.876. The Morgan fingerprint density at radius 1 is 0.242 bits per heavy atom. The van der Waals surface area contributed by atoms with Crippen molar-refractivity contribution in [3.05, 3.63) is 254 Å². The van der Waals surface area contributed by atoms with Gasteiger partial charge in [-0.25, -0.2) is 0 Å². The molecule has 4 nitrogen and oxygen atoms in total. The lowest BCUT2D eigenvalue weighted by Crippen LogP contribution is -2.10. The molecular weight excluding hydrogens is 805 g/mol. The van der Waals surface area contributed by atoms with Gasteiger partial charge in [0.1, 0.15) is 22.3 Å². The van der Waals surface area contributed by atoms with E-state index in [0.717, 1.165) is 100 Å². The standard InChI is InChI=1S/C62H42N2O2/c1-3-13-45(14-4-1)47-17-11-19-51(39-47)63(53-35-37-61-57(41-53)55-21-7-9-23-59(55)65-61)49-31-27-43(28-32-49)25-26-44-29-33-50(34-30-44)64(52-20-12-18-48(40-52)46-15-5-2-6-16-46)54-36-38-62-58(42-54)56-22-8-10-24-60(56)66-62/h1-42H/b26-25+. The van der Waals surface area contributed by atoms with Crippen molar-refractivity contribution in [1.29, 1.82) is 0 Å². The third-order valence-electron chi connectivity index (χ3n) is 12.4. The van der Waals surface area contributed by atoms with Gasteiger partial charge in [-0.2, -0.15) is 0 Å². The van der Waals surface area contributed by atoms with E-state index in [2.05, 4.69) is 240 Å². The van der Waals surface area contributed by atoms with Crippen LogP contribution >= 0.6 is 0 Å². The van der Waals surface area contributed by atoms with Gasteiger partial charge < -0.3 is 18.6 Å². The topological polar surface area (TPSA) is 32.8 Å². The lowest BCUT2D eigenvalue weighted by molar-refractivity contribution is 0.668. The van der Waals surface area contributed by atoms with Gasteiger partial charge in [-0.15, -0.1) is 0 Å². The molecule has 0 aliphatic heterocycles. The molecule has 0 aliphatic carbocycles. The molecule has 0 atom stereocenters. The maximum absolute atomic E-state index is 6.23. The van der Waals surface area contributed by atoms with E-state index in [0.29, 0.717) is 0 Å². The predicted octanol–water partition coefficient (Wildman–Crippen LogP) is 17.9. The smallest absolute Gasteiger partial charge is 0.135 e. The van der Waals surface area contributed by atoms with Crippen molar-refractivity contribution in [3.63, 3.8) is 0 Å². The average molecular weight is 847 g/mol. The summed E-state index contributed by atoms with van der Waals surface area (Å²) < 4.78 is 12.5. The highest BCUT2D eigenvalue weighted by Gasteiger charge is 2.18. The van der Waals surface area contributed by atoms with Gasteiger partial charge in [0.25, 0.3) is 0 Å². The van der Waals surface area contributed by atoms with Crippen LogP contribution in [0, 0.1) is 0 Å². The van der Waals surface area contributed by atoms with Gasteiger partial charge in [0, 0.05) is 55.7 Å². The molecule has 0 spiro atoms. The van der Waals surface area contributed by atoms with E-state index in [9.17, 15) is 0 Å². The molecule has 312 valence electrons. The van der Waals surface area contributed by atoms with Crippen LogP contribution in [0.1, 0.15) is 11.1 Å². The molecule has 10 aromatic carbocycles. The fourth-order valence-corrected chi connectivity index (χ4v) is 9.17. The van der Waals surface area contributed by atoms with Crippen molar-refractivity contribution >= 4 is 90.2 Å². The van der Waals surface area contributed by atoms with E-state index in [1.807, 2.05) is 24.3 Å². The second-order valence-electron chi connectivity index (χ2n) is 16.6. The summed E-state index contributed by atoms with van der Waals surface area (Å²) in [6, 6.07) is 85.6. The summed E-state index contributed by atoms with van der Waals surface area (Å²) in [4.78, 5) is 4.65. The second kappa shape index (κ2) is 16.7. The number of hydrogen-bond acceptors (Lipinski definition) is 4. The molecule has 0 aliphatic rings. The molecule has 0 saturated heterocycles. The van der Waals surface area contributed by atoms with Crippen LogP contribution in [0.2, 0.25) is 0 Å². The maximum atomic E-state index is 6.23. The van der Waals surface area contributed by atoms with E-state index < -0.39 is 0 Å². The zero-order chi connectivity index (χ0) is 43.8. The molecule has 0 radical (unpaired) electrons. The first kappa shape index (κ1) is 38.8. The van der Waals surface area contributed by atoms with Crippen LogP contribution in [-0.2, 0) is 0 Å². The van der Waals surface area contributed by atoms with Crippen molar-refractivity contribution in [3.8, 4) is 22.3 Å². The van der Waals surface area contributed by atoms with E-state index >= 15 is 0 Å². The normalized spacial score (nSPS) is 11.6. The fourth-order valence-electron chi connectivity index (χ4n) is 9.17. The first-order valence-electron chi connectivity index (χ1n) is 22.3. The van der Waals surface area contributed by atoms with Crippen molar-refractivity contribution in [2.75, 3.05) is 9.80 Å². The summed E-state index contributed by atoms with van der Waals surface area (Å²) in [5.74, 6) is 0. The quantitative estimate of drug-likeness (QED) is 0.128. The molecule has 66 heavy (non-hydrogen) atoms. The molecule has 12 aromatic rings. The van der Waals surface area contributed by atoms with Crippen molar-refractivity contribution in [1.82, 2.24) is 0 Å². The Morgan fingerprint density at radius 2 is 0.591 bits per heavy atom. The van der Waals surface area contributed by atoms with Gasteiger partial charge >= 0.3 is 0 Å². The highest BCUT2D eigenvalue weighted by atomic mass is 16.3. The monoisotopic (exact) mass is 846 g/mol. The van der Waals surface area contributed by atoms with Crippen LogP contribution in [0.25, 0.3) is 78.3 Å². The molecule has 0 saturated carbocycles. The Morgan fingerprint density at radius 3 is 1.03 bits per heavy atom. The number of rotatable bonds is 10. The van der Waals surface area contributed by atoms with E-state index in [1.165, 1.54) is 11.1 Å². The number of anilines is 6. The van der Waals surface area contributed by atoms with Crippen LogP contribution in [0.3, 0.4) is 0 Å². The Kier molecular flexibility index (Phi) is 9.81. The van der Waals surface area contributed by atoms with Crippen molar-refractivity contribution < 1.29 is 8.83 Å². The summed E-state index contributed by atoms with van der Waals surface area (Å²) in [5.41, 5.74) is 16.8. The van der Waals surface area contributed by atoms with Crippen molar-refractivity contribution in [2.24, 2.45) is 0 Å². The molecule has 2 heterocycles. The van der Waals surface area contributed by atoms with Gasteiger partial charge in [-0.1, -0.05) is 158 Å². The minimum absolute atomic E-state index is 0.876. The van der Waals surface area contributed by atoms with Gasteiger partial charge in [0.05, 0.1) is 0 Å². The molecular formula is C62H42N2O2. The highest BCUT2D eigenvalue weighted by Crippen LogP contribution is 2.42. The highest BCUT2D eigenvalue weighted by molar-refractivity contribution is 6.07. The summed E-state index contributed by atoms with van der Waals surface area (Å²) in [6.45, 7) is 0. The molecule has 0 unspecified atom stereocenters.